The summed E-state index contributed by atoms with van der Waals surface area (Å²) in [7, 11) is 1.88. The zero-order valence-corrected chi connectivity index (χ0v) is 15.9. The highest BCUT2D eigenvalue weighted by Gasteiger charge is 2.15. The lowest BCUT2D eigenvalue weighted by Gasteiger charge is -2.03. The molecule has 0 aliphatic heterocycles. The Morgan fingerprint density at radius 2 is 1.95 bits per heavy atom. The normalized spacial score (nSPS) is 10.9. The second kappa shape index (κ2) is 7.61. The van der Waals surface area contributed by atoms with Gasteiger partial charge < -0.3 is 0 Å². The maximum atomic E-state index is 12.2. The minimum atomic E-state index is 0.203. The molecule has 6 heteroatoms. The maximum absolute atomic E-state index is 12.2. The Kier molecular flexibility index (Phi) is 6.08. The Hall–Kier alpha value is -0.590. The van der Waals surface area contributed by atoms with Crippen LogP contribution in [0.3, 0.4) is 0 Å². The van der Waals surface area contributed by atoms with Crippen LogP contribution in [0.25, 0.3) is 0 Å². The standard InChI is InChI=1S/C15H16Br2N2OS/c1-3-13-15(17)14(19(2)18-13)8-11(20)9-21-12-6-4-10(16)5-7-12/h4-7H,3,8-9H2,1-2H3. The Balaban J connectivity index is 1.96. The van der Waals surface area contributed by atoms with Crippen molar-refractivity contribution in [2.45, 2.75) is 24.7 Å². The van der Waals surface area contributed by atoms with Crippen LogP contribution in [0, 0.1) is 0 Å². The van der Waals surface area contributed by atoms with Gasteiger partial charge in [0.15, 0.2) is 0 Å². The number of aromatic nitrogens is 2. The van der Waals surface area contributed by atoms with Crippen LogP contribution >= 0.6 is 43.6 Å². The zero-order chi connectivity index (χ0) is 15.4. The average molecular weight is 432 g/mol. The van der Waals surface area contributed by atoms with Crippen LogP contribution in [0.15, 0.2) is 38.1 Å². The van der Waals surface area contributed by atoms with Crippen molar-refractivity contribution < 1.29 is 4.79 Å². The SMILES string of the molecule is CCc1nn(C)c(CC(=O)CSc2ccc(Br)cc2)c1Br. The fourth-order valence-electron chi connectivity index (χ4n) is 1.94. The van der Waals surface area contributed by atoms with E-state index in [2.05, 4.69) is 43.9 Å². The van der Waals surface area contributed by atoms with Crippen molar-refractivity contribution in [2.75, 3.05) is 5.75 Å². The summed E-state index contributed by atoms with van der Waals surface area (Å²) in [6.07, 6.45) is 1.27. The fraction of sp³-hybridized carbons (Fsp3) is 0.333. The smallest absolute Gasteiger partial charge is 0.149 e. The molecule has 21 heavy (non-hydrogen) atoms. The van der Waals surface area contributed by atoms with Crippen molar-refractivity contribution >= 4 is 49.4 Å². The highest BCUT2D eigenvalue weighted by molar-refractivity contribution is 9.10. The molecule has 0 unspecified atom stereocenters. The summed E-state index contributed by atoms with van der Waals surface area (Å²) >= 11 is 8.52. The molecule has 2 rings (SSSR count). The molecule has 0 radical (unpaired) electrons. The van der Waals surface area contributed by atoms with Gasteiger partial charge in [0, 0.05) is 16.4 Å². The van der Waals surface area contributed by atoms with E-state index in [9.17, 15) is 4.79 Å². The molecule has 1 aromatic heterocycles. The molecule has 112 valence electrons. The first-order chi connectivity index (χ1) is 10.0. The van der Waals surface area contributed by atoms with Gasteiger partial charge in [-0.3, -0.25) is 9.48 Å². The molecular weight excluding hydrogens is 416 g/mol. The third-order valence-electron chi connectivity index (χ3n) is 3.08. The predicted molar refractivity (Wildman–Crippen MR) is 93.9 cm³/mol. The number of carbonyl (C=O) groups is 1. The Labute approximate surface area is 145 Å². The summed E-state index contributed by atoms with van der Waals surface area (Å²) in [6, 6.07) is 7.99. The number of benzene rings is 1. The van der Waals surface area contributed by atoms with Crippen LogP contribution in [0.4, 0.5) is 0 Å². The predicted octanol–water partition coefficient (Wildman–Crippen LogP) is 4.41. The summed E-state index contributed by atoms with van der Waals surface area (Å²) in [6.45, 7) is 2.06. The number of rotatable bonds is 6. The van der Waals surface area contributed by atoms with E-state index in [4.69, 9.17) is 0 Å². The molecule has 0 amide bonds. The van der Waals surface area contributed by atoms with Crippen molar-refractivity contribution in [1.29, 1.82) is 0 Å². The molecule has 3 nitrogen and oxygen atoms in total. The summed E-state index contributed by atoms with van der Waals surface area (Å²) in [5.74, 6) is 0.676. The first-order valence-corrected chi connectivity index (χ1v) is 9.18. The van der Waals surface area contributed by atoms with E-state index in [0.29, 0.717) is 12.2 Å². The number of carbonyl (C=O) groups excluding carboxylic acids is 1. The van der Waals surface area contributed by atoms with Crippen molar-refractivity contribution in [3.63, 3.8) is 0 Å². The van der Waals surface area contributed by atoms with Crippen LogP contribution in [0.5, 0.6) is 0 Å². The molecule has 0 atom stereocenters. The molecule has 0 aliphatic rings. The first-order valence-electron chi connectivity index (χ1n) is 6.61. The van der Waals surface area contributed by atoms with Gasteiger partial charge in [-0.2, -0.15) is 5.10 Å². The fourth-order valence-corrected chi connectivity index (χ4v) is 3.72. The van der Waals surface area contributed by atoms with E-state index in [0.717, 1.165) is 31.6 Å². The lowest BCUT2D eigenvalue weighted by Crippen LogP contribution is -2.10. The summed E-state index contributed by atoms with van der Waals surface area (Å²) in [4.78, 5) is 13.3. The zero-order valence-electron chi connectivity index (χ0n) is 11.9. The number of aryl methyl sites for hydroxylation is 2. The number of nitrogens with zero attached hydrogens (tertiary/aromatic N) is 2. The van der Waals surface area contributed by atoms with Gasteiger partial charge in [0.1, 0.15) is 5.78 Å². The molecule has 1 heterocycles. The lowest BCUT2D eigenvalue weighted by atomic mass is 10.2. The molecule has 0 aliphatic carbocycles. The molecular formula is C15H16Br2N2OS. The van der Waals surface area contributed by atoms with E-state index in [1.165, 1.54) is 0 Å². The largest absolute Gasteiger partial charge is 0.298 e. The van der Waals surface area contributed by atoms with E-state index in [1.807, 2.05) is 31.3 Å². The van der Waals surface area contributed by atoms with Crippen molar-refractivity contribution in [3.8, 4) is 0 Å². The molecule has 0 saturated heterocycles. The van der Waals surface area contributed by atoms with E-state index in [1.54, 1.807) is 16.4 Å². The molecule has 0 spiro atoms. The number of ketones is 1. The second-order valence-electron chi connectivity index (χ2n) is 4.64. The van der Waals surface area contributed by atoms with Gasteiger partial charge in [-0.25, -0.2) is 0 Å². The number of halogens is 2. The van der Waals surface area contributed by atoms with Gasteiger partial charge in [0.25, 0.3) is 0 Å². The van der Waals surface area contributed by atoms with Crippen LogP contribution in [-0.4, -0.2) is 21.3 Å². The third kappa shape index (κ3) is 4.44. The van der Waals surface area contributed by atoms with Crippen molar-refractivity contribution in [3.05, 3.63) is 44.6 Å². The van der Waals surface area contributed by atoms with Gasteiger partial charge in [-0.05, 0) is 46.6 Å². The van der Waals surface area contributed by atoms with E-state index >= 15 is 0 Å². The van der Waals surface area contributed by atoms with E-state index in [-0.39, 0.29) is 5.78 Å². The second-order valence-corrected chi connectivity index (χ2v) is 7.40. The van der Waals surface area contributed by atoms with E-state index < -0.39 is 0 Å². The summed E-state index contributed by atoms with van der Waals surface area (Å²) in [5.41, 5.74) is 1.95. The van der Waals surface area contributed by atoms with Crippen molar-refractivity contribution in [2.24, 2.45) is 7.05 Å². The molecule has 0 saturated carbocycles. The van der Waals surface area contributed by atoms with Gasteiger partial charge >= 0.3 is 0 Å². The summed E-state index contributed by atoms with van der Waals surface area (Å²) < 4.78 is 3.81. The monoisotopic (exact) mass is 430 g/mol. The van der Waals surface area contributed by atoms with Crippen molar-refractivity contribution in [1.82, 2.24) is 9.78 Å². The van der Waals surface area contributed by atoms with Gasteiger partial charge in [0.05, 0.1) is 28.0 Å². The molecule has 1 aromatic carbocycles. The highest BCUT2D eigenvalue weighted by Crippen LogP contribution is 2.24. The Morgan fingerprint density at radius 1 is 1.29 bits per heavy atom. The number of hydrogen-bond acceptors (Lipinski definition) is 3. The van der Waals surface area contributed by atoms with Crippen LogP contribution in [-0.2, 0) is 24.7 Å². The minimum absolute atomic E-state index is 0.203. The topological polar surface area (TPSA) is 34.9 Å². The average Bonchev–Trinajstić information content (AvgIpc) is 2.74. The first kappa shape index (κ1) is 16.8. The number of hydrogen-bond donors (Lipinski definition) is 0. The Bertz CT molecular complexity index is 638. The van der Waals surface area contributed by atoms with Gasteiger partial charge in [-0.15, -0.1) is 11.8 Å². The lowest BCUT2D eigenvalue weighted by molar-refractivity contribution is -0.116. The molecule has 2 aromatic rings. The number of Topliss-reactive ketones (excluding diaryl/α,β-unsaturated/α-hetero) is 1. The van der Waals surface area contributed by atoms with Gasteiger partial charge in [0.2, 0.25) is 0 Å². The van der Waals surface area contributed by atoms with Crippen LogP contribution in [0.1, 0.15) is 18.3 Å². The van der Waals surface area contributed by atoms with Crippen LogP contribution < -0.4 is 0 Å². The Morgan fingerprint density at radius 3 is 2.52 bits per heavy atom. The third-order valence-corrected chi connectivity index (χ3v) is 5.60. The maximum Gasteiger partial charge on any atom is 0.149 e. The highest BCUT2D eigenvalue weighted by atomic mass is 79.9. The number of thioether (sulfide) groups is 1. The molecule has 0 N–H and O–H groups in total. The van der Waals surface area contributed by atoms with Gasteiger partial charge in [-0.1, -0.05) is 22.9 Å². The minimum Gasteiger partial charge on any atom is -0.298 e. The summed E-state index contributed by atoms with van der Waals surface area (Å²) in [5, 5.41) is 4.42. The van der Waals surface area contributed by atoms with Crippen LogP contribution in [0.2, 0.25) is 0 Å². The molecule has 0 bridgehead atoms. The molecule has 0 fully saturated rings. The quantitative estimate of drug-likeness (QED) is 0.635.